The van der Waals surface area contributed by atoms with Crippen LogP contribution in [0.25, 0.3) is 0 Å². The SMILES string of the molecule is [O]=[Hf]=[O].[SiH3][SiH3]. The van der Waals surface area contributed by atoms with Crippen molar-refractivity contribution >= 4 is 19.5 Å². The topological polar surface area (TPSA) is 34.1 Å². The van der Waals surface area contributed by atoms with Gasteiger partial charge in [0.05, 0.1) is 0 Å². The Morgan fingerprint density at radius 1 is 1.20 bits per heavy atom. The second kappa shape index (κ2) is 20.6. The molecule has 0 aliphatic heterocycles. The molecule has 0 bridgehead atoms. The van der Waals surface area contributed by atoms with E-state index in [4.69, 9.17) is 5.71 Å². The van der Waals surface area contributed by atoms with Crippen LogP contribution in [0.1, 0.15) is 0 Å². The molecule has 0 fully saturated rings. The van der Waals surface area contributed by atoms with Crippen LogP contribution in [-0.2, 0) is 28.6 Å². The Morgan fingerprint density at radius 3 is 1.20 bits per heavy atom. The van der Waals surface area contributed by atoms with E-state index >= 15 is 0 Å². The second-order valence-electron chi connectivity index (χ2n) is 0.0833. The molecule has 0 saturated carbocycles. The first-order chi connectivity index (χ1) is 2.41. The van der Waals surface area contributed by atoms with Crippen LogP contribution in [0.5, 0.6) is 0 Å². The van der Waals surface area contributed by atoms with Crippen molar-refractivity contribution in [3.05, 3.63) is 0 Å². The van der Waals surface area contributed by atoms with Gasteiger partial charge in [-0.1, -0.05) is 0 Å². The zero-order valence-corrected chi connectivity index (χ0v) is 10.9. The first-order valence-electron chi connectivity index (χ1n) is 1.41. The van der Waals surface area contributed by atoms with E-state index in [9.17, 15) is 0 Å². The van der Waals surface area contributed by atoms with Gasteiger partial charge in [0.1, 0.15) is 0 Å². The molecule has 30 valence electrons. The zero-order chi connectivity index (χ0) is 4.71. The molecule has 0 amide bonds. The molecule has 0 atom stereocenters. The fourth-order valence-corrected chi connectivity index (χ4v) is 0. The molecule has 5 heavy (non-hydrogen) atoms. The van der Waals surface area contributed by atoms with E-state index in [0.717, 1.165) is 0 Å². The predicted molar refractivity (Wildman–Crippen MR) is 21.3 cm³/mol. The molecule has 0 aromatic carbocycles. The van der Waals surface area contributed by atoms with E-state index in [1.54, 1.807) is 0 Å². The van der Waals surface area contributed by atoms with Gasteiger partial charge in [-0.2, -0.15) is 0 Å². The fraction of sp³-hybridized carbons (Fsp3) is 0. The number of rotatable bonds is 0. The van der Waals surface area contributed by atoms with Crippen LogP contribution in [0.2, 0.25) is 0 Å². The molecular weight excluding hydrogens is 267 g/mol. The van der Waals surface area contributed by atoms with Crippen molar-refractivity contribution in [1.29, 1.82) is 0 Å². The van der Waals surface area contributed by atoms with Gasteiger partial charge in [0.2, 0.25) is 0 Å². The van der Waals surface area contributed by atoms with Gasteiger partial charge in [0, 0.05) is 0 Å². The van der Waals surface area contributed by atoms with Crippen LogP contribution < -0.4 is 0 Å². The molecule has 0 spiro atoms. The summed E-state index contributed by atoms with van der Waals surface area (Å²) in [5.74, 6) is 0. The Balaban J connectivity index is 0. The molecule has 0 unspecified atom stereocenters. The van der Waals surface area contributed by atoms with Gasteiger partial charge >= 0.3 is 28.6 Å². The summed E-state index contributed by atoms with van der Waals surface area (Å²) >= 11 is -2.42. The molecule has 5 heteroatoms. The minimum Gasteiger partial charge on any atom is -0.0125 e. The van der Waals surface area contributed by atoms with Gasteiger partial charge in [-0.15, -0.1) is 0 Å². The summed E-state index contributed by atoms with van der Waals surface area (Å²) < 4.78 is 17.1. The van der Waals surface area contributed by atoms with E-state index < -0.39 is 22.9 Å². The molecular formula is H6HfO2Si2. The van der Waals surface area contributed by atoms with Crippen LogP contribution in [0, 0.1) is 0 Å². The Kier molecular flexibility index (Phi) is 38.4. The molecule has 0 heterocycles. The van der Waals surface area contributed by atoms with Gasteiger partial charge in [-0.25, -0.2) is 0 Å². The van der Waals surface area contributed by atoms with Crippen molar-refractivity contribution in [2.75, 3.05) is 0 Å². The smallest absolute Gasteiger partial charge is 0.0125 e. The monoisotopic (exact) mass is 274 g/mol. The molecule has 2 nitrogen and oxygen atoms in total. The van der Waals surface area contributed by atoms with Crippen molar-refractivity contribution in [3.63, 3.8) is 0 Å². The molecule has 0 saturated heterocycles. The maximum absolute atomic E-state index is 8.57. The largest absolute Gasteiger partial charge is 0.0125 e. The first kappa shape index (κ1) is 9.32. The molecule has 0 radical (unpaired) electrons. The van der Waals surface area contributed by atoms with Crippen molar-refractivity contribution in [3.8, 4) is 0 Å². The normalized spacial score (nSPS) is 4.00. The summed E-state index contributed by atoms with van der Waals surface area (Å²) in [6.45, 7) is 0. The standard InChI is InChI=1S/Hf.2O.H6Si2/c;;;1-2/h;;;1-2H3. The molecule has 0 aliphatic rings. The summed E-state index contributed by atoms with van der Waals surface area (Å²) in [4.78, 5) is 0. The third kappa shape index (κ3) is 50.6. The second-order valence-corrected chi connectivity index (χ2v) is 0.682. The van der Waals surface area contributed by atoms with Crippen molar-refractivity contribution in [2.24, 2.45) is 0 Å². The average molecular weight is 273 g/mol. The van der Waals surface area contributed by atoms with E-state index in [0.29, 0.717) is 0 Å². The molecule has 0 N–H and O–H groups in total. The summed E-state index contributed by atoms with van der Waals surface area (Å²) in [5.41, 5.74) is 0. The number of hydrogen-bond donors (Lipinski definition) is 0. The van der Waals surface area contributed by atoms with Gasteiger partial charge in [-0.05, 0) is 19.5 Å². The summed E-state index contributed by atoms with van der Waals surface area (Å²) in [6.07, 6.45) is 0. The quantitative estimate of drug-likeness (QED) is 0.453. The Morgan fingerprint density at radius 2 is 1.20 bits per heavy atom. The summed E-state index contributed by atoms with van der Waals surface area (Å²) in [5, 5.41) is 0. The third-order valence-corrected chi connectivity index (χ3v) is 0. The third-order valence-electron chi connectivity index (χ3n) is 0. The van der Waals surface area contributed by atoms with Gasteiger partial charge in [0.25, 0.3) is 0 Å². The maximum Gasteiger partial charge on any atom is -0.0125 e. The Bertz CT molecular complexity index is 28.6. The Hall–Kier alpha value is 0.904. The zero-order valence-electron chi connectivity index (χ0n) is 3.32. The van der Waals surface area contributed by atoms with E-state index in [2.05, 4.69) is 0 Å². The summed E-state index contributed by atoms with van der Waals surface area (Å²) in [7, 11) is 2.89. The minimum absolute atomic E-state index is 1.44. The molecule has 0 aliphatic carbocycles. The van der Waals surface area contributed by atoms with Gasteiger partial charge < -0.3 is 0 Å². The van der Waals surface area contributed by atoms with Crippen LogP contribution in [0.4, 0.5) is 0 Å². The Labute approximate surface area is 48.2 Å². The maximum atomic E-state index is 8.57. The average Bonchev–Trinajstić information content (AvgIpc) is 1.46. The van der Waals surface area contributed by atoms with Crippen LogP contribution in [-0.4, -0.2) is 19.5 Å². The van der Waals surface area contributed by atoms with E-state index in [-0.39, 0.29) is 0 Å². The predicted octanol–water partition coefficient (Wildman–Crippen LogP) is -2.61. The van der Waals surface area contributed by atoms with Crippen LogP contribution in [0.15, 0.2) is 0 Å². The van der Waals surface area contributed by atoms with Crippen LogP contribution in [0.3, 0.4) is 0 Å². The summed E-state index contributed by atoms with van der Waals surface area (Å²) in [6, 6.07) is 0. The van der Waals surface area contributed by atoms with Crippen molar-refractivity contribution < 1.29 is 28.6 Å². The molecule has 0 rings (SSSR count). The first-order valence-corrected chi connectivity index (χ1v) is 12.3. The van der Waals surface area contributed by atoms with E-state index in [1.165, 1.54) is 19.5 Å². The van der Waals surface area contributed by atoms with E-state index in [1.807, 2.05) is 0 Å². The molecule has 0 aromatic rings. The number of hydrogen-bond acceptors (Lipinski definition) is 2. The fourth-order valence-electron chi connectivity index (χ4n) is 0. The van der Waals surface area contributed by atoms with Gasteiger partial charge in [-0.3, -0.25) is 0 Å². The minimum atomic E-state index is -2.42. The van der Waals surface area contributed by atoms with Gasteiger partial charge in [0.15, 0.2) is 0 Å². The van der Waals surface area contributed by atoms with Crippen molar-refractivity contribution in [2.45, 2.75) is 0 Å². The molecule has 0 aromatic heterocycles. The van der Waals surface area contributed by atoms with Crippen LogP contribution >= 0.6 is 0 Å². The van der Waals surface area contributed by atoms with Crippen molar-refractivity contribution in [1.82, 2.24) is 0 Å².